The van der Waals surface area contributed by atoms with Gasteiger partial charge in [0.2, 0.25) is 0 Å². The minimum Gasteiger partial charge on any atom is -0.0692 e. The van der Waals surface area contributed by atoms with Crippen LogP contribution in [0, 0.1) is 0 Å². The van der Waals surface area contributed by atoms with E-state index >= 15 is 0 Å². The maximum absolute atomic E-state index is 2.41. The lowest BCUT2D eigenvalue weighted by Gasteiger charge is -2.22. The molecule has 0 bridgehead atoms. The Morgan fingerprint density at radius 1 is 0.864 bits per heavy atom. The molecule has 0 nitrogen and oxygen atoms in total. The Morgan fingerprint density at radius 3 is 2.27 bits per heavy atom. The van der Waals surface area contributed by atoms with E-state index in [0.717, 1.165) is 6.42 Å². The molecule has 1 aliphatic carbocycles. The van der Waals surface area contributed by atoms with Crippen LogP contribution in [0.2, 0.25) is 0 Å². The molecule has 2 aromatic carbocycles. The molecule has 114 valence electrons. The second kappa shape index (κ2) is 6.52. The van der Waals surface area contributed by atoms with Gasteiger partial charge in [-0.1, -0.05) is 68.3 Å². The monoisotopic (exact) mass is 290 g/mol. The fourth-order valence-electron chi connectivity index (χ4n) is 3.62. The van der Waals surface area contributed by atoms with Crippen LogP contribution in [0.25, 0.3) is 16.7 Å². The molecule has 0 fully saturated rings. The smallest absolute Gasteiger partial charge is 0.0181 e. The summed E-state index contributed by atoms with van der Waals surface area (Å²) in [4.78, 5) is 0. The molecule has 0 N–H and O–H groups in total. The second-order valence-electron chi connectivity index (χ2n) is 6.43. The molecule has 0 amide bonds. The van der Waals surface area contributed by atoms with Crippen molar-refractivity contribution in [3.05, 3.63) is 64.7 Å². The number of aryl methyl sites for hydroxylation is 2. The van der Waals surface area contributed by atoms with Crippen molar-refractivity contribution in [3.63, 3.8) is 0 Å². The first kappa shape index (κ1) is 15.1. The van der Waals surface area contributed by atoms with Crippen LogP contribution in [0.1, 0.15) is 56.7 Å². The third kappa shape index (κ3) is 2.88. The highest BCUT2D eigenvalue weighted by Crippen LogP contribution is 2.35. The number of fused-ring (bicyclic) bond motifs is 1. The summed E-state index contributed by atoms with van der Waals surface area (Å²) < 4.78 is 0. The van der Waals surface area contributed by atoms with E-state index in [2.05, 4.69) is 63.2 Å². The molecule has 0 heteroatoms. The molecule has 3 rings (SSSR count). The Labute approximate surface area is 134 Å². The van der Waals surface area contributed by atoms with Crippen molar-refractivity contribution >= 4 is 5.57 Å². The Kier molecular flexibility index (Phi) is 4.47. The summed E-state index contributed by atoms with van der Waals surface area (Å²) in [5.41, 5.74) is 10.3. The van der Waals surface area contributed by atoms with Crippen molar-refractivity contribution in [2.45, 2.75) is 52.9 Å². The minimum absolute atomic E-state index is 1.14. The molecule has 0 spiro atoms. The quantitative estimate of drug-likeness (QED) is 0.608. The lowest BCUT2D eigenvalue weighted by Crippen LogP contribution is -2.03. The van der Waals surface area contributed by atoms with Gasteiger partial charge in [0.25, 0.3) is 0 Å². The van der Waals surface area contributed by atoms with Crippen LogP contribution in [0.15, 0.2) is 48.0 Å². The Morgan fingerprint density at radius 2 is 1.59 bits per heavy atom. The number of allylic oxidation sites excluding steroid dienone is 2. The molecular formula is C22H26. The zero-order valence-corrected chi connectivity index (χ0v) is 14.1. The van der Waals surface area contributed by atoms with Crippen molar-refractivity contribution in [2.75, 3.05) is 0 Å². The Hall–Kier alpha value is -1.82. The highest BCUT2D eigenvalue weighted by Gasteiger charge is 2.15. The van der Waals surface area contributed by atoms with Gasteiger partial charge in [0, 0.05) is 0 Å². The summed E-state index contributed by atoms with van der Waals surface area (Å²) in [6, 6.07) is 16.1. The largest absolute Gasteiger partial charge is 0.0692 e. The average molecular weight is 290 g/mol. The van der Waals surface area contributed by atoms with Gasteiger partial charge in [0.1, 0.15) is 0 Å². The highest BCUT2D eigenvalue weighted by molar-refractivity contribution is 5.76. The lowest BCUT2D eigenvalue weighted by molar-refractivity contribution is 0.904. The van der Waals surface area contributed by atoms with Crippen LogP contribution >= 0.6 is 0 Å². The second-order valence-corrected chi connectivity index (χ2v) is 6.43. The van der Waals surface area contributed by atoms with E-state index in [1.165, 1.54) is 53.5 Å². The van der Waals surface area contributed by atoms with E-state index in [0.29, 0.717) is 0 Å². The predicted octanol–water partition coefficient (Wildman–Crippen LogP) is 6.44. The zero-order chi connectivity index (χ0) is 15.5. The highest BCUT2D eigenvalue weighted by atomic mass is 14.2. The van der Waals surface area contributed by atoms with Crippen molar-refractivity contribution in [1.82, 2.24) is 0 Å². The zero-order valence-electron chi connectivity index (χ0n) is 14.1. The Bertz CT molecular complexity index is 686. The standard InChI is InChI=1S/C22H26/c1-4-6-17-8-11-18(12-9-17)19-13-14-22-20(15-19)10-7-16(3)21(22)5-2/h8-9,11-15H,4-7,10H2,1-3H3. The fraction of sp³-hybridized carbons (Fsp3) is 0.364. The van der Waals surface area contributed by atoms with Gasteiger partial charge in [-0.05, 0) is 66.0 Å². The van der Waals surface area contributed by atoms with Crippen molar-refractivity contribution in [1.29, 1.82) is 0 Å². The number of rotatable bonds is 4. The average Bonchev–Trinajstić information content (AvgIpc) is 2.55. The van der Waals surface area contributed by atoms with Crippen LogP contribution in [0.5, 0.6) is 0 Å². The summed E-state index contributed by atoms with van der Waals surface area (Å²) in [6.45, 7) is 6.80. The predicted molar refractivity (Wildman–Crippen MR) is 97.1 cm³/mol. The molecule has 0 saturated heterocycles. The molecule has 1 aliphatic rings. The van der Waals surface area contributed by atoms with Gasteiger partial charge in [0.15, 0.2) is 0 Å². The normalized spacial score (nSPS) is 14.1. The minimum atomic E-state index is 1.14. The first-order chi connectivity index (χ1) is 10.7. The maximum atomic E-state index is 2.41. The van der Waals surface area contributed by atoms with Gasteiger partial charge >= 0.3 is 0 Å². The summed E-state index contributed by atoms with van der Waals surface area (Å²) >= 11 is 0. The third-order valence-corrected chi connectivity index (χ3v) is 4.89. The summed E-state index contributed by atoms with van der Waals surface area (Å²) in [6.07, 6.45) is 5.93. The molecule has 0 atom stereocenters. The van der Waals surface area contributed by atoms with Crippen LogP contribution in [0.3, 0.4) is 0 Å². The van der Waals surface area contributed by atoms with Gasteiger partial charge < -0.3 is 0 Å². The molecule has 2 aromatic rings. The van der Waals surface area contributed by atoms with E-state index < -0.39 is 0 Å². The van der Waals surface area contributed by atoms with E-state index in [-0.39, 0.29) is 0 Å². The van der Waals surface area contributed by atoms with Crippen molar-refractivity contribution in [3.8, 4) is 11.1 Å². The fourth-order valence-corrected chi connectivity index (χ4v) is 3.62. The van der Waals surface area contributed by atoms with Gasteiger partial charge in [-0.15, -0.1) is 0 Å². The number of hydrogen-bond acceptors (Lipinski definition) is 0. The van der Waals surface area contributed by atoms with E-state index in [1.54, 1.807) is 11.1 Å². The first-order valence-corrected chi connectivity index (χ1v) is 8.64. The van der Waals surface area contributed by atoms with Crippen LogP contribution in [-0.4, -0.2) is 0 Å². The first-order valence-electron chi connectivity index (χ1n) is 8.64. The number of hydrogen-bond donors (Lipinski definition) is 0. The van der Waals surface area contributed by atoms with Gasteiger partial charge in [0.05, 0.1) is 0 Å². The third-order valence-electron chi connectivity index (χ3n) is 4.89. The van der Waals surface area contributed by atoms with E-state index in [9.17, 15) is 0 Å². The van der Waals surface area contributed by atoms with Crippen molar-refractivity contribution in [2.24, 2.45) is 0 Å². The number of benzene rings is 2. The maximum Gasteiger partial charge on any atom is -0.0181 e. The van der Waals surface area contributed by atoms with Gasteiger partial charge in [-0.2, -0.15) is 0 Å². The summed E-state index contributed by atoms with van der Waals surface area (Å²) in [5.74, 6) is 0. The van der Waals surface area contributed by atoms with Crippen molar-refractivity contribution < 1.29 is 0 Å². The van der Waals surface area contributed by atoms with E-state index in [1.807, 2.05) is 0 Å². The Balaban J connectivity index is 1.94. The topological polar surface area (TPSA) is 0 Å². The van der Waals surface area contributed by atoms with Crippen LogP contribution < -0.4 is 0 Å². The summed E-state index contributed by atoms with van der Waals surface area (Å²) in [5, 5.41) is 0. The molecule has 0 aliphatic heterocycles. The molecule has 0 aromatic heterocycles. The SMILES string of the molecule is CCCc1ccc(-c2ccc3c(c2)CCC(C)=C3CC)cc1. The molecular weight excluding hydrogens is 264 g/mol. The molecule has 0 saturated carbocycles. The van der Waals surface area contributed by atoms with Crippen LogP contribution in [-0.2, 0) is 12.8 Å². The molecule has 0 unspecified atom stereocenters. The lowest BCUT2D eigenvalue weighted by atomic mass is 9.83. The van der Waals surface area contributed by atoms with E-state index in [4.69, 9.17) is 0 Å². The molecule has 22 heavy (non-hydrogen) atoms. The van der Waals surface area contributed by atoms with Gasteiger partial charge in [-0.3, -0.25) is 0 Å². The molecule has 0 radical (unpaired) electrons. The summed E-state index contributed by atoms with van der Waals surface area (Å²) in [7, 11) is 0. The molecule has 0 heterocycles. The van der Waals surface area contributed by atoms with Crippen LogP contribution in [0.4, 0.5) is 0 Å². The van der Waals surface area contributed by atoms with Gasteiger partial charge in [-0.25, -0.2) is 0 Å².